The van der Waals surface area contributed by atoms with E-state index in [-0.39, 0.29) is 23.2 Å². The number of rotatable bonds is 7. The maximum absolute atomic E-state index is 13.3. The molecule has 35 heavy (non-hydrogen) atoms. The number of fused-ring (bicyclic) bond motifs is 1. The van der Waals surface area contributed by atoms with Crippen molar-refractivity contribution < 1.29 is 9.59 Å². The first-order chi connectivity index (χ1) is 17.0. The highest BCUT2D eigenvalue weighted by Crippen LogP contribution is 2.34. The van der Waals surface area contributed by atoms with E-state index >= 15 is 0 Å². The van der Waals surface area contributed by atoms with Crippen molar-refractivity contribution in [3.8, 4) is 0 Å². The van der Waals surface area contributed by atoms with Gasteiger partial charge < -0.3 is 15.2 Å². The third-order valence-electron chi connectivity index (χ3n) is 6.44. The van der Waals surface area contributed by atoms with Crippen LogP contribution in [-0.4, -0.2) is 16.4 Å². The molecule has 5 rings (SSSR count). The van der Waals surface area contributed by atoms with Crippen LogP contribution in [0.15, 0.2) is 90.0 Å². The Labute approximate surface area is 203 Å². The predicted molar refractivity (Wildman–Crippen MR) is 136 cm³/mol. The average Bonchev–Trinajstić information content (AvgIpc) is 3.73. The van der Waals surface area contributed by atoms with Crippen molar-refractivity contribution in [2.75, 3.05) is 0 Å². The van der Waals surface area contributed by atoms with Gasteiger partial charge in [-0.2, -0.15) is 0 Å². The van der Waals surface area contributed by atoms with Crippen LogP contribution in [0.1, 0.15) is 63.7 Å². The molecule has 0 spiro atoms. The third-order valence-corrected chi connectivity index (χ3v) is 6.44. The highest BCUT2D eigenvalue weighted by Gasteiger charge is 2.27. The zero-order chi connectivity index (χ0) is 24.4. The fraction of sp³-hybridized carbons (Fsp3) is 0.207. The summed E-state index contributed by atoms with van der Waals surface area (Å²) in [6.45, 7) is 2.20. The van der Waals surface area contributed by atoms with Gasteiger partial charge in [-0.3, -0.25) is 14.4 Å². The van der Waals surface area contributed by atoms with E-state index in [1.165, 1.54) is 0 Å². The van der Waals surface area contributed by atoms with E-state index in [9.17, 15) is 14.4 Å². The van der Waals surface area contributed by atoms with E-state index in [1.54, 1.807) is 12.4 Å². The van der Waals surface area contributed by atoms with Gasteiger partial charge in [-0.05, 0) is 41.7 Å². The van der Waals surface area contributed by atoms with Crippen LogP contribution in [-0.2, 0) is 6.54 Å². The zero-order valence-corrected chi connectivity index (χ0v) is 19.5. The quantitative estimate of drug-likeness (QED) is 0.413. The van der Waals surface area contributed by atoms with Gasteiger partial charge in [0.15, 0.2) is 0 Å². The van der Waals surface area contributed by atoms with Crippen LogP contribution >= 0.6 is 0 Å². The molecule has 176 valence electrons. The minimum absolute atomic E-state index is 0.0155. The Hall–Kier alpha value is -4.19. The first kappa shape index (κ1) is 22.6. The molecule has 1 atom stereocenters. The summed E-state index contributed by atoms with van der Waals surface area (Å²) in [5.41, 5.74) is 1.31. The Bertz CT molecular complexity index is 1450. The van der Waals surface area contributed by atoms with Crippen molar-refractivity contribution in [1.29, 1.82) is 0 Å². The van der Waals surface area contributed by atoms with Crippen molar-refractivity contribution in [2.45, 2.75) is 38.4 Å². The molecule has 2 N–H and O–H groups in total. The highest BCUT2D eigenvalue weighted by molar-refractivity contribution is 5.99. The van der Waals surface area contributed by atoms with Gasteiger partial charge in [0.1, 0.15) is 11.1 Å². The second-order valence-corrected chi connectivity index (χ2v) is 9.02. The molecule has 0 aliphatic heterocycles. The molecule has 1 aliphatic rings. The number of nitrogens with zero attached hydrogens (tertiary/aromatic N) is 1. The molecular formula is C29H27N3O3. The number of amides is 2. The molecule has 1 aromatic heterocycles. The average molecular weight is 466 g/mol. The number of hydrogen-bond donors (Lipinski definition) is 2. The van der Waals surface area contributed by atoms with Crippen LogP contribution in [0.5, 0.6) is 0 Å². The topological polar surface area (TPSA) is 80.2 Å². The maximum Gasteiger partial charge on any atom is 0.257 e. The monoisotopic (exact) mass is 465 g/mol. The maximum atomic E-state index is 13.3. The Kier molecular flexibility index (Phi) is 6.19. The van der Waals surface area contributed by atoms with Crippen molar-refractivity contribution in [3.05, 3.63) is 118 Å². The SMILES string of the molecule is CC(NC(=O)c1cn(C2CC2)cc(C(=O)NCc2ccccc2)c1=O)c1cccc2ccccc12. The predicted octanol–water partition coefficient (Wildman–Crippen LogP) is 4.76. The lowest BCUT2D eigenvalue weighted by molar-refractivity contribution is 0.0938. The third kappa shape index (κ3) is 4.87. The second-order valence-electron chi connectivity index (χ2n) is 9.02. The van der Waals surface area contributed by atoms with E-state index in [4.69, 9.17) is 0 Å². The van der Waals surface area contributed by atoms with E-state index < -0.39 is 17.2 Å². The van der Waals surface area contributed by atoms with Crippen molar-refractivity contribution >= 4 is 22.6 Å². The Morgan fingerprint density at radius 3 is 2.29 bits per heavy atom. The molecule has 6 heteroatoms. The normalized spacial score (nSPS) is 13.9. The molecule has 0 bridgehead atoms. The van der Waals surface area contributed by atoms with Crippen molar-refractivity contribution in [3.63, 3.8) is 0 Å². The molecule has 0 radical (unpaired) electrons. The van der Waals surface area contributed by atoms with E-state index in [2.05, 4.69) is 10.6 Å². The molecule has 4 aromatic rings. The van der Waals surface area contributed by atoms with Gasteiger partial charge in [0.2, 0.25) is 5.43 Å². The van der Waals surface area contributed by atoms with Gasteiger partial charge in [-0.15, -0.1) is 0 Å². The molecule has 3 aromatic carbocycles. The largest absolute Gasteiger partial charge is 0.349 e. The van der Waals surface area contributed by atoms with Gasteiger partial charge in [0.05, 0.1) is 6.04 Å². The smallest absolute Gasteiger partial charge is 0.257 e. The number of carbonyl (C=O) groups is 2. The summed E-state index contributed by atoms with van der Waals surface area (Å²) in [5.74, 6) is -0.965. The fourth-order valence-electron chi connectivity index (χ4n) is 4.36. The van der Waals surface area contributed by atoms with Crippen molar-refractivity contribution in [1.82, 2.24) is 15.2 Å². The fourth-order valence-corrected chi connectivity index (χ4v) is 4.36. The molecule has 1 saturated carbocycles. The standard InChI is InChI=1S/C29H27N3O3/c1-19(23-13-7-11-21-10-5-6-12-24(21)23)31-29(35)26-18-32(22-14-15-22)17-25(27(26)33)28(34)30-16-20-8-3-2-4-9-20/h2-13,17-19,22H,14-16H2,1H3,(H,30,34)(H,31,35). The van der Waals surface area contributed by atoms with Crippen LogP contribution in [0.2, 0.25) is 0 Å². The van der Waals surface area contributed by atoms with E-state index in [0.29, 0.717) is 6.54 Å². The summed E-state index contributed by atoms with van der Waals surface area (Å²) in [6.07, 6.45) is 5.08. The van der Waals surface area contributed by atoms with E-state index in [0.717, 1.165) is 34.7 Å². The van der Waals surface area contributed by atoms with Crippen LogP contribution < -0.4 is 16.1 Å². The second kappa shape index (κ2) is 9.58. The summed E-state index contributed by atoms with van der Waals surface area (Å²) in [5, 5.41) is 7.91. The Morgan fingerprint density at radius 1 is 0.886 bits per heavy atom. The van der Waals surface area contributed by atoms with Gasteiger partial charge in [0.25, 0.3) is 11.8 Å². The molecule has 1 fully saturated rings. The van der Waals surface area contributed by atoms with Crippen LogP contribution in [0, 0.1) is 0 Å². The first-order valence-electron chi connectivity index (χ1n) is 11.9. The molecular weight excluding hydrogens is 438 g/mol. The lowest BCUT2D eigenvalue weighted by Crippen LogP contribution is -2.36. The van der Waals surface area contributed by atoms with Gasteiger partial charge in [-0.1, -0.05) is 72.8 Å². The van der Waals surface area contributed by atoms with Gasteiger partial charge >= 0.3 is 0 Å². The van der Waals surface area contributed by atoms with E-state index in [1.807, 2.05) is 84.3 Å². The number of carbonyl (C=O) groups excluding carboxylic acids is 2. The number of nitrogens with one attached hydrogen (secondary N) is 2. The van der Waals surface area contributed by atoms with Crippen LogP contribution in [0.25, 0.3) is 10.8 Å². The summed E-state index contributed by atoms with van der Waals surface area (Å²) in [4.78, 5) is 39.5. The number of benzene rings is 3. The molecule has 0 saturated heterocycles. The van der Waals surface area contributed by atoms with Gasteiger partial charge in [-0.25, -0.2) is 0 Å². The molecule has 6 nitrogen and oxygen atoms in total. The minimum Gasteiger partial charge on any atom is -0.349 e. The summed E-state index contributed by atoms with van der Waals surface area (Å²) >= 11 is 0. The summed E-state index contributed by atoms with van der Waals surface area (Å²) < 4.78 is 1.83. The number of hydrogen-bond acceptors (Lipinski definition) is 3. The highest BCUT2D eigenvalue weighted by atomic mass is 16.2. The first-order valence-corrected chi connectivity index (χ1v) is 11.9. The lowest BCUT2D eigenvalue weighted by atomic mass is 9.99. The summed E-state index contributed by atoms with van der Waals surface area (Å²) in [6, 6.07) is 23.3. The molecule has 1 unspecified atom stereocenters. The van der Waals surface area contributed by atoms with Crippen molar-refractivity contribution in [2.24, 2.45) is 0 Å². The molecule has 2 amide bonds. The summed E-state index contributed by atoms with van der Waals surface area (Å²) in [7, 11) is 0. The Morgan fingerprint density at radius 2 is 1.54 bits per heavy atom. The van der Waals surface area contributed by atoms with Gasteiger partial charge in [0, 0.05) is 25.0 Å². The number of pyridine rings is 1. The molecule has 1 heterocycles. The molecule has 1 aliphatic carbocycles. The Balaban J connectivity index is 1.41. The lowest BCUT2D eigenvalue weighted by Gasteiger charge is -2.17. The van der Waals surface area contributed by atoms with Crippen LogP contribution in [0.3, 0.4) is 0 Å². The zero-order valence-electron chi connectivity index (χ0n) is 19.5. The minimum atomic E-state index is -0.560. The number of aromatic nitrogens is 1. The van der Waals surface area contributed by atoms with Crippen LogP contribution in [0.4, 0.5) is 0 Å².